The Morgan fingerprint density at radius 2 is 2.05 bits per heavy atom. The first kappa shape index (κ1) is 12.8. The van der Waals surface area contributed by atoms with Crippen molar-refractivity contribution in [3.05, 3.63) is 56.5 Å². The second-order valence-corrected chi connectivity index (χ2v) is 5.65. The molecule has 0 atom stereocenters. The number of benzene rings is 2. The third-order valence-corrected chi connectivity index (χ3v) is 4.35. The molecule has 2 aromatic carbocycles. The van der Waals surface area contributed by atoms with E-state index in [1.807, 2.05) is 12.1 Å². The fraction of sp³-hybridized carbons (Fsp3) is 0. The Balaban J connectivity index is 2.36. The summed E-state index contributed by atoms with van der Waals surface area (Å²) in [5.41, 5.74) is 1.87. The Hall–Kier alpha value is -1.17. The number of fused-ring (bicyclic) bond motifs is 1. The molecule has 0 unspecified atom stereocenters. The van der Waals surface area contributed by atoms with Gasteiger partial charge in [-0.2, -0.15) is 0 Å². The zero-order valence-corrected chi connectivity index (χ0v) is 12.6. The van der Waals surface area contributed by atoms with Gasteiger partial charge in [-0.3, -0.25) is 4.57 Å². The number of nitrogens with zero attached hydrogens (tertiary/aromatic N) is 1. The van der Waals surface area contributed by atoms with Gasteiger partial charge in [-0.25, -0.2) is 4.39 Å². The lowest BCUT2D eigenvalue weighted by Gasteiger charge is -2.06. The van der Waals surface area contributed by atoms with Crippen LogP contribution in [0.2, 0.25) is 5.02 Å². The van der Waals surface area contributed by atoms with Crippen LogP contribution in [-0.4, -0.2) is 9.55 Å². The van der Waals surface area contributed by atoms with Gasteiger partial charge in [0.15, 0.2) is 4.77 Å². The van der Waals surface area contributed by atoms with Crippen molar-refractivity contribution in [2.45, 2.75) is 0 Å². The summed E-state index contributed by atoms with van der Waals surface area (Å²) in [5, 5.41) is 0.574. The molecule has 0 spiro atoms. The summed E-state index contributed by atoms with van der Waals surface area (Å²) in [5.74, 6) is -0.328. The van der Waals surface area contributed by atoms with Crippen LogP contribution in [0.5, 0.6) is 0 Å². The minimum absolute atomic E-state index is 0.328. The lowest BCUT2D eigenvalue weighted by atomic mass is 10.2. The number of halogens is 3. The molecule has 19 heavy (non-hydrogen) atoms. The SMILES string of the molecule is Fc1cccc2c1[nH]c(=S)n2-c1ccc(Br)c(Cl)c1. The van der Waals surface area contributed by atoms with Crippen molar-refractivity contribution in [1.82, 2.24) is 9.55 Å². The molecular weight excluding hydrogens is 351 g/mol. The van der Waals surface area contributed by atoms with Crippen molar-refractivity contribution in [2.75, 3.05) is 0 Å². The zero-order valence-electron chi connectivity index (χ0n) is 9.45. The molecule has 1 N–H and O–H groups in total. The molecule has 0 fully saturated rings. The third kappa shape index (κ3) is 2.12. The van der Waals surface area contributed by atoms with Crippen LogP contribution in [0, 0.1) is 10.6 Å². The number of aromatic nitrogens is 2. The van der Waals surface area contributed by atoms with E-state index < -0.39 is 0 Å². The maximum atomic E-state index is 13.7. The summed E-state index contributed by atoms with van der Waals surface area (Å²) >= 11 is 14.7. The largest absolute Gasteiger partial charge is 0.328 e. The van der Waals surface area contributed by atoms with Crippen LogP contribution in [0.3, 0.4) is 0 Å². The van der Waals surface area contributed by atoms with Gasteiger partial charge in [0.05, 0.1) is 10.5 Å². The molecule has 0 aliphatic rings. The van der Waals surface area contributed by atoms with Gasteiger partial charge in [0.1, 0.15) is 11.3 Å². The van der Waals surface area contributed by atoms with Gasteiger partial charge in [0.25, 0.3) is 0 Å². The van der Waals surface area contributed by atoms with Crippen molar-refractivity contribution in [2.24, 2.45) is 0 Å². The molecule has 1 aromatic heterocycles. The van der Waals surface area contributed by atoms with Crippen LogP contribution in [0.15, 0.2) is 40.9 Å². The van der Waals surface area contributed by atoms with E-state index >= 15 is 0 Å². The third-order valence-electron chi connectivity index (χ3n) is 2.83. The lowest BCUT2D eigenvalue weighted by molar-refractivity contribution is 0.637. The number of imidazole rings is 1. The maximum Gasteiger partial charge on any atom is 0.182 e. The molecule has 96 valence electrons. The molecule has 1 heterocycles. The molecule has 0 amide bonds. The summed E-state index contributed by atoms with van der Waals surface area (Å²) in [4.78, 5) is 2.88. The first-order valence-corrected chi connectivity index (χ1v) is 7.00. The van der Waals surface area contributed by atoms with Crippen LogP contribution in [-0.2, 0) is 0 Å². The number of hydrogen-bond acceptors (Lipinski definition) is 1. The minimum Gasteiger partial charge on any atom is -0.328 e. The van der Waals surface area contributed by atoms with Crippen LogP contribution >= 0.6 is 39.7 Å². The standard InChI is InChI=1S/C13H7BrClFN2S/c14-8-5-4-7(6-9(8)15)18-11-3-1-2-10(16)12(11)17-13(18)19/h1-6H,(H,17,19). The van der Waals surface area contributed by atoms with Crippen molar-refractivity contribution >= 4 is 50.8 Å². The van der Waals surface area contributed by atoms with Gasteiger partial charge in [-0.05, 0) is 58.5 Å². The Kier molecular flexibility index (Phi) is 3.20. The molecule has 2 nitrogen and oxygen atoms in total. The number of hydrogen-bond donors (Lipinski definition) is 1. The highest BCUT2D eigenvalue weighted by atomic mass is 79.9. The van der Waals surface area contributed by atoms with Crippen LogP contribution in [0.4, 0.5) is 4.39 Å². The van der Waals surface area contributed by atoms with Crippen molar-refractivity contribution in [3.63, 3.8) is 0 Å². The molecule has 0 aliphatic carbocycles. The highest BCUT2D eigenvalue weighted by molar-refractivity contribution is 9.10. The average molecular weight is 358 g/mol. The number of rotatable bonds is 1. The Morgan fingerprint density at radius 1 is 1.26 bits per heavy atom. The van der Waals surface area contributed by atoms with E-state index in [0.29, 0.717) is 20.8 Å². The zero-order chi connectivity index (χ0) is 13.6. The molecule has 3 aromatic rings. The predicted octanol–water partition coefficient (Wildman–Crippen LogP) is 5.24. The molecule has 0 radical (unpaired) electrons. The smallest absolute Gasteiger partial charge is 0.182 e. The maximum absolute atomic E-state index is 13.7. The molecule has 0 saturated carbocycles. The van der Waals surface area contributed by atoms with E-state index in [1.54, 1.807) is 22.8 Å². The summed E-state index contributed by atoms with van der Waals surface area (Å²) < 4.78 is 16.7. The van der Waals surface area contributed by atoms with Crippen molar-refractivity contribution in [3.8, 4) is 5.69 Å². The first-order valence-electron chi connectivity index (χ1n) is 5.42. The monoisotopic (exact) mass is 356 g/mol. The Morgan fingerprint density at radius 3 is 2.79 bits per heavy atom. The molecular formula is C13H7BrClFN2S. The average Bonchev–Trinajstić information content (AvgIpc) is 2.71. The van der Waals surface area contributed by atoms with Crippen molar-refractivity contribution < 1.29 is 4.39 Å². The molecule has 0 bridgehead atoms. The van der Waals surface area contributed by atoms with Crippen molar-refractivity contribution in [1.29, 1.82) is 0 Å². The van der Waals surface area contributed by atoms with E-state index in [-0.39, 0.29) is 5.82 Å². The van der Waals surface area contributed by atoms with Crippen LogP contribution < -0.4 is 0 Å². The first-order chi connectivity index (χ1) is 9.08. The van der Waals surface area contributed by atoms with Gasteiger partial charge in [-0.15, -0.1) is 0 Å². The fourth-order valence-corrected chi connectivity index (χ4v) is 2.70. The predicted molar refractivity (Wildman–Crippen MR) is 81.1 cm³/mol. The molecule has 3 rings (SSSR count). The quantitative estimate of drug-likeness (QED) is 0.590. The number of H-pyrrole nitrogens is 1. The van der Waals surface area contributed by atoms with E-state index in [9.17, 15) is 4.39 Å². The molecule has 0 saturated heterocycles. The summed E-state index contributed by atoms with van der Waals surface area (Å²) in [6, 6.07) is 10.3. The summed E-state index contributed by atoms with van der Waals surface area (Å²) in [7, 11) is 0. The second kappa shape index (κ2) is 4.74. The van der Waals surface area contributed by atoms with Crippen LogP contribution in [0.1, 0.15) is 0 Å². The van der Waals surface area contributed by atoms with Crippen LogP contribution in [0.25, 0.3) is 16.7 Å². The van der Waals surface area contributed by atoms with E-state index in [1.165, 1.54) is 6.07 Å². The number of nitrogens with one attached hydrogen (secondary N) is 1. The number of para-hydroxylation sites is 1. The molecule has 6 heteroatoms. The lowest BCUT2D eigenvalue weighted by Crippen LogP contribution is -1.94. The molecule has 0 aliphatic heterocycles. The normalized spacial score (nSPS) is 11.1. The van der Waals surface area contributed by atoms with E-state index in [2.05, 4.69) is 20.9 Å². The highest BCUT2D eigenvalue weighted by Gasteiger charge is 2.10. The van der Waals surface area contributed by atoms with Gasteiger partial charge in [0, 0.05) is 10.2 Å². The second-order valence-electron chi connectivity index (χ2n) is 4.00. The van der Waals surface area contributed by atoms with Gasteiger partial charge in [0.2, 0.25) is 0 Å². The van der Waals surface area contributed by atoms with E-state index in [0.717, 1.165) is 10.2 Å². The topological polar surface area (TPSA) is 20.7 Å². The summed E-state index contributed by atoms with van der Waals surface area (Å²) in [6.45, 7) is 0. The van der Waals surface area contributed by atoms with Gasteiger partial charge in [-0.1, -0.05) is 17.7 Å². The summed E-state index contributed by atoms with van der Waals surface area (Å²) in [6.07, 6.45) is 0. The van der Waals surface area contributed by atoms with E-state index in [4.69, 9.17) is 23.8 Å². The van der Waals surface area contributed by atoms with Gasteiger partial charge >= 0.3 is 0 Å². The Labute approximate surface area is 127 Å². The fourth-order valence-electron chi connectivity index (χ4n) is 1.98. The Bertz CT molecular complexity index is 840. The van der Waals surface area contributed by atoms with Gasteiger partial charge < -0.3 is 4.98 Å². The highest BCUT2D eigenvalue weighted by Crippen LogP contribution is 2.27. The minimum atomic E-state index is -0.328. The number of aromatic amines is 1.